The molecule has 0 aliphatic carbocycles. The highest BCUT2D eigenvalue weighted by Crippen LogP contribution is 2.26. The first-order chi connectivity index (χ1) is 14.0. The van der Waals surface area contributed by atoms with Crippen LogP contribution in [0.1, 0.15) is 42.6 Å². The van der Waals surface area contributed by atoms with E-state index in [-0.39, 0.29) is 24.0 Å². The summed E-state index contributed by atoms with van der Waals surface area (Å²) in [5.74, 6) is 2.27. The number of aliphatic hydroxyl groups is 1. The average molecular weight is 527 g/mol. The number of nitrogens with zero attached hydrogens (tertiary/aromatic N) is 1. The molecule has 0 heterocycles. The highest BCUT2D eigenvalue weighted by Gasteiger charge is 2.12. The van der Waals surface area contributed by atoms with E-state index in [0.717, 1.165) is 12.1 Å². The standard InChI is InChI=1S/C23H33N3O3.HI/c1-6-24-23(25-14-17(3)18-9-7-16(2)8-10-18)26-15-22(27)19-11-20(28-4)13-21(12-19)29-5;/h7-13,17,22,27H,6,14-15H2,1-5H3,(H2,24,25,26);1H. The number of halogens is 1. The van der Waals surface area contributed by atoms with Crippen LogP contribution in [-0.4, -0.2) is 44.9 Å². The molecule has 0 amide bonds. The number of aryl methyl sites for hydroxylation is 1. The predicted octanol–water partition coefficient (Wildman–Crippen LogP) is 4.02. The summed E-state index contributed by atoms with van der Waals surface area (Å²) in [6, 6.07) is 13.9. The molecule has 0 fully saturated rings. The van der Waals surface area contributed by atoms with Crippen LogP contribution in [0.25, 0.3) is 0 Å². The third-order valence-corrected chi connectivity index (χ3v) is 4.74. The Morgan fingerprint density at radius 2 is 1.60 bits per heavy atom. The van der Waals surface area contributed by atoms with E-state index in [4.69, 9.17) is 9.47 Å². The van der Waals surface area contributed by atoms with Crippen molar-refractivity contribution in [1.82, 2.24) is 10.6 Å². The molecular formula is C23H34IN3O3. The van der Waals surface area contributed by atoms with Crippen molar-refractivity contribution < 1.29 is 14.6 Å². The average Bonchev–Trinajstić information content (AvgIpc) is 2.75. The lowest BCUT2D eigenvalue weighted by molar-refractivity contribution is 0.180. The van der Waals surface area contributed by atoms with Crippen LogP contribution < -0.4 is 20.1 Å². The predicted molar refractivity (Wildman–Crippen MR) is 133 cm³/mol. The molecular weight excluding hydrogens is 493 g/mol. The fourth-order valence-electron chi connectivity index (χ4n) is 2.90. The van der Waals surface area contributed by atoms with Crippen molar-refractivity contribution in [2.24, 2.45) is 4.99 Å². The minimum Gasteiger partial charge on any atom is -0.497 e. The van der Waals surface area contributed by atoms with E-state index in [1.165, 1.54) is 11.1 Å². The van der Waals surface area contributed by atoms with Gasteiger partial charge in [-0.2, -0.15) is 0 Å². The van der Waals surface area contributed by atoms with Gasteiger partial charge in [-0.25, -0.2) is 0 Å². The maximum atomic E-state index is 10.6. The van der Waals surface area contributed by atoms with Crippen LogP contribution in [0.4, 0.5) is 0 Å². The number of benzene rings is 2. The summed E-state index contributed by atoms with van der Waals surface area (Å²) in [6.07, 6.45) is -0.725. The molecule has 2 rings (SSSR count). The maximum absolute atomic E-state index is 10.6. The van der Waals surface area contributed by atoms with Crippen LogP contribution in [0.5, 0.6) is 11.5 Å². The molecule has 0 bridgehead atoms. The number of nitrogens with one attached hydrogen (secondary N) is 2. The number of guanidine groups is 1. The van der Waals surface area contributed by atoms with E-state index in [0.29, 0.717) is 36.5 Å². The SMILES string of the molecule is CCNC(=NCC(C)c1ccc(C)cc1)NCC(O)c1cc(OC)cc(OC)c1.I. The first-order valence-electron chi connectivity index (χ1n) is 9.96. The highest BCUT2D eigenvalue weighted by molar-refractivity contribution is 14.0. The first-order valence-corrected chi connectivity index (χ1v) is 9.96. The van der Waals surface area contributed by atoms with Crippen LogP contribution in [-0.2, 0) is 0 Å². The van der Waals surface area contributed by atoms with Gasteiger partial charge in [-0.1, -0.05) is 36.8 Å². The molecule has 0 spiro atoms. The Labute approximate surface area is 197 Å². The number of methoxy groups -OCH3 is 2. The summed E-state index contributed by atoms with van der Waals surface area (Å²) in [6.45, 7) is 7.98. The Bertz CT molecular complexity index is 775. The maximum Gasteiger partial charge on any atom is 0.191 e. The molecule has 6 nitrogen and oxygen atoms in total. The largest absolute Gasteiger partial charge is 0.497 e. The molecule has 2 atom stereocenters. The zero-order valence-electron chi connectivity index (χ0n) is 18.4. The van der Waals surface area contributed by atoms with Gasteiger partial charge in [0.1, 0.15) is 11.5 Å². The summed E-state index contributed by atoms with van der Waals surface area (Å²) in [5.41, 5.74) is 3.24. The molecule has 0 radical (unpaired) electrons. The molecule has 2 unspecified atom stereocenters. The molecule has 0 saturated heterocycles. The van der Waals surface area contributed by atoms with Crippen molar-refractivity contribution >= 4 is 29.9 Å². The van der Waals surface area contributed by atoms with Crippen LogP contribution in [0, 0.1) is 6.92 Å². The van der Waals surface area contributed by atoms with Crippen LogP contribution in [0.3, 0.4) is 0 Å². The number of aliphatic imine (C=N–C) groups is 1. The van der Waals surface area contributed by atoms with Crippen molar-refractivity contribution in [3.8, 4) is 11.5 Å². The van der Waals surface area contributed by atoms with Crippen molar-refractivity contribution in [1.29, 1.82) is 0 Å². The smallest absolute Gasteiger partial charge is 0.191 e. The van der Waals surface area contributed by atoms with E-state index in [1.54, 1.807) is 32.4 Å². The van der Waals surface area contributed by atoms with Gasteiger partial charge in [0, 0.05) is 31.6 Å². The van der Waals surface area contributed by atoms with Crippen molar-refractivity contribution in [2.45, 2.75) is 32.8 Å². The molecule has 0 saturated carbocycles. The van der Waals surface area contributed by atoms with Crippen molar-refractivity contribution in [2.75, 3.05) is 33.9 Å². The number of ether oxygens (including phenoxy) is 2. The molecule has 2 aromatic carbocycles. The van der Waals surface area contributed by atoms with Crippen molar-refractivity contribution in [3.05, 3.63) is 59.2 Å². The molecule has 7 heteroatoms. The topological polar surface area (TPSA) is 75.1 Å². The van der Waals surface area contributed by atoms with Gasteiger partial charge in [0.2, 0.25) is 0 Å². The Morgan fingerprint density at radius 1 is 1.00 bits per heavy atom. The van der Waals surface area contributed by atoms with E-state index >= 15 is 0 Å². The second-order valence-corrected chi connectivity index (χ2v) is 7.07. The lowest BCUT2D eigenvalue weighted by Gasteiger charge is -2.18. The Kier molecular flexibility index (Phi) is 11.6. The third kappa shape index (κ3) is 8.02. The zero-order chi connectivity index (χ0) is 21.2. The van der Waals surface area contributed by atoms with E-state index in [9.17, 15) is 5.11 Å². The fourth-order valence-corrected chi connectivity index (χ4v) is 2.90. The summed E-state index contributed by atoms with van der Waals surface area (Å²) >= 11 is 0. The molecule has 0 aliphatic rings. The third-order valence-electron chi connectivity index (χ3n) is 4.74. The van der Waals surface area contributed by atoms with Gasteiger partial charge in [-0.05, 0) is 37.1 Å². The molecule has 3 N–H and O–H groups in total. The van der Waals surface area contributed by atoms with Gasteiger partial charge in [0.05, 0.1) is 20.3 Å². The summed E-state index contributed by atoms with van der Waals surface area (Å²) in [7, 11) is 3.18. The molecule has 2 aromatic rings. The second kappa shape index (κ2) is 13.3. The first kappa shape index (κ1) is 26.0. The highest BCUT2D eigenvalue weighted by atomic mass is 127. The van der Waals surface area contributed by atoms with Crippen LogP contribution in [0.2, 0.25) is 0 Å². The lowest BCUT2D eigenvalue weighted by atomic mass is 10.0. The molecule has 0 aromatic heterocycles. The van der Waals surface area contributed by atoms with Gasteiger partial charge in [-0.3, -0.25) is 4.99 Å². The fraction of sp³-hybridized carbons (Fsp3) is 0.435. The summed E-state index contributed by atoms with van der Waals surface area (Å²) in [4.78, 5) is 4.68. The zero-order valence-corrected chi connectivity index (χ0v) is 20.8. The molecule has 166 valence electrons. The number of hydrogen-bond donors (Lipinski definition) is 3. The van der Waals surface area contributed by atoms with Gasteiger partial charge in [0.25, 0.3) is 0 Å². The Balaban J connectivity index is 0.00000450. The van der Waals surface area contributed by atoms with E-state index in [1.807, 2.05) is 6.92 Å². The minimum atomic E-state index is -0.725. The molecule has 30 heavy (non-hydrogen) atoms. The second-order valence-electron chi connectivity index (χ2n) is 7.07. The van der Waals surface area contributed by atoms with Crippen LogP contribution >= 0.6 is 24.0 Å². The van der Waals surface area contributed by atoms with E-state index < -0.39 is 6.10 Å². The monoisotopic (exact) mass is 527 g/mol. The van der Waals surface area contributed by atoms with E-state index in [2.05, 4.69) is 53.7 Å². The Morgan fingerprint density at radius 3 is 2.13 bits per heavy atom. The summed E-state index contributed by atoms with van der Waals surface area (Å²) < 4.78 is 10.6. The van der Waals surface area contributed by atoms with Gasteiger partial charge < -0.3 is 25.2 Å². The lowest BCUT2D eigenvalue weighted by Crippen LogP contribution is -2.39. The normalized spacial score (nSPS) is 13.1. The molecule has 0 aliphatic heterocycles. The number of rotatable bonds is 9. The van der Waals surface area contributed by atoms with Gasteiger partial charge in [0.15, 0.2) is 5.96 Å². The van der Waals surface area contributed by atoms with Crippen LogP contribution in [0.15, 0.2) is 47.5 Å². The summed E-state index contributed by atoms with van der Waals surface area (Å²) in [5, 5.41) is 17.0. The Hall–Kier alpha value is -2.00. The van der Waals surface area contributed by atoms with Crippen molar-refractivity contribution in [3.63, 3.8) is 0 Å². The van der Waals surface area contributed by atoms with Gasteiger partial charge in [-0.15, -0.1) is 24.0 Å². The minimum absolute atomic E-state index is 0. The number of hydrogen-bond acceptors (Lipinski definition) is 4. The van der Waals surface area contributed by atoms with Gasteiger partial charge >= 0.3 is 0 Å². The number of aliphatic hydroxyl groups excluding tert-OH is 1. The quantitative estimate of drug-likeness (QED) is 0.261.